The Hall–Kier alpha value is -1.91. The van der Waals surface area contributed by atoms with E-state index < -0.39 is 23.3 Å². The molecule has 2 unspecified atom stereocenters. The van der Waals surface area contributed by atoms with Gasteiger partial charge in [0.05, 0.1) is 6.07 Å². The van der Waals surface area contributed by atoms with Crippen molar-refractivity contribution in [2.75, 3.05) is 6.54 Å². The third-order valence-corrected chi connectivity index (χ3v) is 6.11. The quantitative estimate of drug-likeness (QED) is 0.794. The van der Waals surface area contributed by atoms with Gasteiger partial charge in [0.1, 0.15) is 17.2 Å². The molecule has 1 N–H and O–H groups in total. The molecule has 3 rings (SSSR count). The lowest BCUT2D eigenvalue weighted by Crippen LogP contribution is -2.50. The number of nitriles is 1. The van der Waals surface area contributed by atoms with Crippen LogP contribution in [0.4, 0.5) is 4.79 Å². The van der Waals surface area contributed by atoms with Crippen molar-refractivity contribution in [2.24, 2.45) is 0 Å². The number of ether oxygens (including phenoxy) is 1. The van der Waals surface area contributed by atoms with Crippen LogP contribution in [0.25, 0.3) is 0 Å². The van der Waals surface area contributed by atoms with Crippen molar-refractivity contribution < 1.29 is 14.3 Å². The summed E-state index contributed by atoms with van der Waals surface area (Å²) < 4.78 is 5.50. The summed E-state index contributed by atoms with van der Waals surface area (Å²) >= 11 is 7.55. The Kier molecular flexibility index (Phi) is 5.83. The van der Waals surface area contributed by atoms with Crippen molar-refractivity contribution in [3.8, 4) is 6.07 Å². The molecule has 0 spiro atoms. The minimum absolute atomic E-state index is 0.0432. The standard InChI is InChI=1S/C20H24ClN3O3S/c1-19(2,3)27-18(26)24-11-15(28-14-6-4-13(21)5-7-14)10-16(24)17(25)23-20(12-22)8-9-20/h4-7,15-16H,8-11H2,1-3H3,(H,23,25). The Bertz CT molecular complexity index is 796. The number of thioether (sulfide) groups is 1. The maximum absolute atomic E-state index is 12.8. The molecule has 0 aromatic heterocycles. The highest BCUT2D eigenvalue weighted by Crippen LogP contribution is 2.37. The van der Waals surface area contributed by atoms with Gasteiger partial charge in [-0.1, -0.05) is 11.6 Å². The van der Waals surface area contributed by atoms with Crippen LogP contribution in [-0.4, -0.2) is 45.9 Å². The lowest BCUT2D eigenvalue weighted by Gasteiger charge is -2.28. The molecule has 1 saturated heterocycles. The zero-order chi connectivity index (χ0) is 20.5. The molecule has 28 heavy (non-hydrogen) atoms. The zero-order valence-electron chi connectivity index (χ0n) is 16.2. The fourth-order valence-corrected chi connectivity index (χ4v) is 4.39. The lowest BCUT2D eigenvalue weighted by molar-refractivity contribution is -0.126. The van der Waals surface area contributed by atoms with Crippen LogP contribution in [0.3, 0.4) is 0 Å². The van der Waals surface area contributed by atoms with Crippen LogP contribution in [0.15, 0.2) is 29.2 Å². The van der Waals surface area contributed by atoms with Gasteiger partial charge >= 0.3 is 6.09 Å². The minimum atomic E-state index is -0.766. The molecule has 8 heteroatoms. The van der Waals surface area contributed by atoms with Gasteiger partial charge in [-0.25, -0.2) is 4.79 Å². The third kappa shape index (κ3) is 5.12. The Balaban J connectivity index is 1.73. The van der Waals surface area contributed by atoms with E-state index >= 15 is 0 Å². The predicted octanol–water partition coefficient (Wildman–Crippen LogP) is 3.98. The minimum Gasteiger partial charge on any atom is -0.444 e. The van der Waals surface area contributed by atoms with E-state index in [0.717, 1.165) is 4.90 Å². The molecule has 2 fully saturated rings. The molecule has 1 aliphatic carbocycles. The molecule has 1 aromatic carbocycles. The van der Waals surface area contributed by atoms with Gasteiger partial charge in [0.25, 0.3) is 0 Å². The highest BCUT2D eigenvalue weighted by Gasteiger charge is 2.49. The number of rotatable bonds is 4. The van der Waals surface area contributed by atoms with Crippen LogP contribution in [0.2, 0.25) is 5.02 Å². The van der Waals surface area contributed by atoms with Gasteiger partial charge in [-0.05, 0) is 64.3 Å². The number of carbonyl (C=O) groups excluding carboxylic acids is 2. The topological polar surface area (TPSA) is 82.4 Å². The lowest BCUT2D eigenvalue weighted by atomic mass is 10.2. The van der Waals surface area contributed by atoms with Crippen LogP contribution in [0.5, 0.6) is 0 Å². The molecule has 6 nitrogen and oxygen atoms in total. The fraction of sp³-hybridized carbons (Fsp3) is 0.550. The highest BCUT2D eigenvalue weighted by atomic mass is 35.5. The molecular weight excluding hydrogens is 398 g/mol. The smallest absolute Gasteiger partial charge is 0.411 e. The van der Waals surface area contributed by atoms with Crippen LogP contribution in [-0.2, 0) is 9.53 Å². The van der Waals surface area contributed by atoms with Crippen LogP contribution >= 0.6 is 23.4 Å². The Labute approximate surface area is 174 Å². The number of amides is 2. The van der Waals surface area contributed by atoms with Crippen molar-refractivity contribution in [1.29, 1.82) is 5.26 Å². The van der Waals surface area contributed by atoms with E-state index in [4.69, 9.17) is 16.3 Å². The van der Waals surface area contributed by atoms with Crippen molar-refractivity contribution in [2.45, 2.75) is 67.4 Å². The maximum Gasteiger partial charge on any atom is 0.411 e. The average Bonchev–Trinajstić information content (AvgIpc) is 3.25. The first-order chi connectivity index (χ1) is 13.1. The number of benzene rings is 1. The van der Waals surface area contributed by atoms with Crippen LogP contribution in [0, 0.1) is 11.3 Å². The number of nitrogens with one attached hydrogen (secondary N) is 1. The largest absolute Gasteiger partial charge is 0.444 e. The first kappa shape index (κ1) is 20.8. The molecule has 1 aliphatic heterocycles. The fourth-order valence-electron chi connectivity index (χ4n) is 3.07. The summed E-state index contributed by atoms with van der Waals surface area (Å²) in [5, 5.41) is 12.8. The van der Waals surface area contributed by atoms with E-state index in [1.165, 1.54) is 4.90 Å². The Morgan fingerprint density at radius 3 is 2.50 bits per heavy atom. The van der Waals surface area contributed by atoms with Gasteiger partial charge in [-0.15, -0.1) is 11.8 Å². The predicted molar refractivity (Wildman–Crippen MR) is 108 cm³/mol. The monoisotopic (exact) mass is 421 g/mol. The highest BCUT2D eigenvalue weighted by molar-refractivity contribution is 8.00. The number of nitrogens with zero attached hydrogens (tertiary/aromatic N) is 2. The molecule has 2 amide bonds. The summed E-state index contributed by atoms with van der Waals surface area (Å²) in [6, 6.07) is 9.00. The maximum atomic E-state index is 12.8. The van der Waals surface area contributed by atoms with Crippen LogP contribution in [0.1, 0.15) is 40.0 Å². The summed E-state index contributed by atoms with van der Waals surface area (Å²) in [5.74, 6) is -0.288. The van der Waals surface area contributed by atoms with Crippen molar-refractivity contribution in [1.82, 2.24) is 10.2 Å². The third-order valence-electron chi connectivity index (χ3n) is 4.64. The summed E-state index contributed by atoms with van der Waals surface area (Å²) in [6.45, 7) is 5.79. The second-order valence-electron chi connectivity index (χ2n) is 8.26. The number of hydrogen-bond acceptors (Lipinski definition) is 5. The number of carbonyl (C=O) groups is 2. The number of halogens is 1. The molecule has 0 bridgehead atoms. The summed E-state index contributed by atoms with van der Waals surface area (Å²) in [6.07, 6.45) is 1.29. The molecule has 1 heterocycles. The van der Waals surface area contributed by atoms with Crippen molar-refractivity contribution in [3.05, 3.63) is 29.3 Å². The van der Waals surface area contributed by atoms with E-state index in [1.807, 2.05) is 24.3 Å². The molecule has 2 aliphatic rings. The second-order valence-corrected chi connectivity index (χ2v) is 10.1. The van der Waals surface area contributed by atoms with Gasteiger partial charge in [0, 0.05) is 21.7 Å². The summed E-state index contributed by atoms with van der Waals surface area (Å²) in [5.41, 5.74) is -1.41. The Morgan fingerprint density at radius 2 is 1.96 bits per heavy atom. The van der Waals surface area contributed by atoms with Crippen molar-refractivity contribution in [3.63, 3.8) is 0 Å². The van der Waals surface area contributed by atoms with Gasteiger partial charge in [-0.2, -0.15) is 5.26 Å². The zero-order valence-corrected chi connectivity index (χ0v) is 17.8. The first-order valence-corrected chi connectivity index (χ1v) is 10.5. The van der Waals surface area contributed by atoms with Crippen molar-refractivity contribution >= 4 is 35.4 Å². The number of likely N-dealkylation sites (tertiary alicyclic amines) is 1. The van der Waals surface area contributed by atoms with E-state index in [9.17, 15) is 14.9 Å². The van der Waals surface area contributed by atoms with Gasteiger partial charge in [0.2, 0.25) is 5.91 Å². The summed E-state index contributed by atoms with van der Waals surface area (Å²) in [4.78, 5) is 28.1. The van der Waals surface area contributed by atoms with E-state index in [-0.39, 0.29) is 11.2 Å². The van der Waals surface area contributed by atoms with Gasteiger partial charge in [-0.3, -0.25) is 9.69 Å². The van der Waals surface area contributed by atoms with E-state index in [0.29, 0.717) is 30.8 Å². The molecule has 2 atom stereocenters. The van der Waals surface area contributed by atoms with Gasteiger partial charge < -0.3 is 10.1 Å². The van der Waals surface area contributed by atoms with E-state index in [2.05, 4.69) is 11.4 Å². The Morgan fingerprint density at radius 1 is 1.32 bits per heavy atom. The molecule has 1 aromatic rings. The normalized spacial score (nSPS) is 23.0. The second kappa shape index (κ2) is 7.84. The van der Waals surface area contributed by atoms with Gasteiger partial charge in [0.15, 0.2) is 0 Å². The first-order valence-electron chi connectivity index (χ1n) is 9.26. The molecule has 1 saturated carbocycles. The SMILES string of the molecule is CC(C)(C)OC(=O)N1CC(Sc2ccc(Cl)cc2)CC1C(=O)NC1(C#N)CC1. The van der Waals surface area contributed by atoms with Crippen LogP contribution < -0.4 is 5.32 Å². The van der Waals surface area contributed by atoms with E-state index in [1.54, 1.807) is 32.5 Å². The number of hydrogen-bond donors (Lipinski definition) is 1. The molecule has 0 radical (unpaired) electrons. The molecule has 150 valence electrons. The molecular formula is C20H24ClN3O3S. The average molecular weight is 422 g/mol. The summed E-state index contributed by atoms with van der Waals surface area (Å²) in [7, 11) is 0.